The summed E-state index contributed by atoms with van der Waals surface area (Å²) in [5, 5.41) is 27.1. The van der Waals surface area contributed by atoms with Crippen molar-refractivity contribution in [3.8, 4) is 22.9 Å². The second-order valence-corrected chi connectivity index (χ2v) is 10.3. The summed E-state index contributed by atoms with van der Waals surface area (Å²) in [5.41, 5.74) is 3.22. The van der Waals surface area contributed by atoms with Crippen molar-refractivity contribution in [3.63, 3.8) is 0 Å². The summed E-state index contributed by atoms with van der Waals surface area (Å²) in [4.78, 5) is 12.5. The molecule has 3 N–H and O–H groups in total. The SMILES string of the molecule is CCCCNS(=O)(=O)c1ccccc1Nc1ccc(-c2c(C)nn(-c3ccccc3C#N)c2C(=O)O)cc1. The summed E-state index contributed by atoms with van der Waals surface area (Å²) in [6, 6.07) is 22.4. The molecule has 0 fully saturated rings. The van der Waals surface area contributed by atoms with Gasteiger partial charge in [-0.15, -0.1) is 0 Å². The van der Waals surface area contributed by atoms with Gasteiger partial charge in [-0.25, -0.2) is 22.6 Å². The number of aromatic nitrogens is 2. The van der Waals surface area contributed by atoms with Crippen LogP contribution in [-0.4, -0.2) is 35.8 Å². The number of carboxylic acids is 1. The summed E-state index contributed by atoms with van der Waals surface area (Å²) in [7, 11) is -3.70. The maximum Gasteiger partial charge on any atom is 0.355 e. The van der Waals surface area contributed by atoms with Crippen LogP contribution in [0.4, 0.5) is 11.4 Å². The molecule has 4 aromatic rings. The van der Waals surface area contributed by atoms with Gasteiger partial charge in [0.2, 0.25) is 10.0 Å². The molecular formula is C28H27N5O4S. The zero-order valence-electron chi connectivity index (χ0n) is 21.0. The van der Waals surface area contributed by atoms with E-state index in [1.54, 1.807) is 79.7 Å². The first-order valence-electron chi connectivity index (χ1n) is 12.1. The number of hydrogen-bond donors (Lipinski definition) is 3. The van der Waals surface area contributed by atoms with Crippen LogP contribution in [-0.2, 0) is 10.0 Å². The van der Waals surface area contributed by atoms with Crippen molar-refractivity contribution in [1.29, 1.82) is 5.26 Å². The number of aryl methyl sites for hydroxylation is 1. The largest absolute Gasteiger partial charge is 0.476 e. The highest BCUT2D eigenvalue weighted by Gasteiger charge is 2.25. The number of nitriles is 1. The number of anilines is 2. The van der Waals surface area contributed by atoms with E-state index in [1.165, 1.54) is 4.68 Å². The summed E-state index contributed by atoms with van der Waals surface area (Å²) in [5.74, 6) is -1.18. The molecule has 0 radical (unpaired) electrons. The maximum absolute atomic E-state index is 12.8. The van der Waals surface area contributed by atoms with E-state index in [1.807, 2.05) is 6.92 Å². The van der Waals surface area contributed by atoms with Gasteiger partial charge < -0.3 is 10.4 Å². The quantitative estimate of drug-likeness (QED) is 0.239. The minimum atomic E-state index is -3.70. The van der Waals surface area contributed by atoms with Gasteiger partial charge in [0.25, 0.3) is 0 Å². The smallest absolute Gasteiger partial charge is 0.355 e. The number of nitrogens with one attached hydrogen (secondary N) is 2. The summed E-state index contributed by atoms with van der Waals surface area (Å²) in [6.45, 7) is 4.07. The van der Waals surface area contributed by atoms with Gasteiger partial charge in [0.05, 0.1) is 22.6 Å². The number of unbranched alkanes of at least 4 members (excludes halogenated alkanes) is 1. The normalized spacial score (nSPS) is 11.2. The average molecular weight is 530 g/mol. The molecule has 10 heteroatoms. The van der Waals surface area contributed by atoms with Crippen LogP contribution in [0, 0.1) is 18.3 Å². The average Bonchev–Trinajstić information content (AvgIpc) is 3.26. The first-order chi connectivity index (χ1) is 18.3. The molecule has 4 rings (SSSR count). The summed E-state index contributed by atoms with van der Waals surface area (Å²) in [6.07, 6.45) is 1.62. The number of carboxylic acid groups (broad SMARTS) is 1. The molecule has 0 bridgehead atoms. The van der Waals surface area contributed by atoms with Gasteiger partial charge in [-0.3, -0.25) is 0 Å². The molecule has 0 atom stereocenters. The third kappa shape index (κ3) is 5.44. The minimum Gasteiger partial charge on any atom is -0.476 e. The van der Waals surface area contributed by atoms with Gasteiger partial charge in [-0.1, -0.05) is 49.7 Å². The summed E-state index contributed by atoms with van der Waals surface area (Å²) < 4.78 is 29.6. The number of aromatic carboxylic acids is 1. The van der Waals surface area contributed by atoms with Crippen LogP contribution >= 0.6 is 0 Å². The van der Waals surface area contributed by atoms with Gasteiger partial charge >= 0.3 is 5.97 Å². The molecule has 0 aliphatic rings. The van der Waals surface area contributed by atoms with E-state index < -0.39 is 16.0 Å². The molecule has 0 amide bonds. The standard InChI is InChI=1S/C28H27N5O4S/c1-3-4-17-30-38(36,37)25-12-8-6-10-23(25)31-22-15-13-20(14-16-22)26-19(2)32-33(27(26)28(34)35)24-11-7-5-9-21(24)18-29/h5-16,30-31H,3-4,17H2,1-2H3,(H,34,35). The molecule has 0 aliphatic carbocycles. The van der Waals surface area contributed by atoms with Crippen molar-refractivity contribution >= 4 is 27.4 Å². The fourth-order valence-electron chi connectivity index (χ4n) is 4.14. The predicted molar refractivity (Wildman–Crippen MR) is 145 cm³/mol. The van der Waals surface area contributed by atoms with Crippen molar-refractivity contribution in [3.05, 3.63) is 89.7 Å². The molecule has 0 unspecified atom stereocenters. The Kier molecular flexibility index (Phi) is 7.90. The fourth-order valence-corrected chi connectivity index (χ4v) is 5.37. The molecule has 0 spiro atoms. The molecule has 38 heavy (non-hydrogen) atoms. The van der Waals surface area contributed by atoms with E-state index in [4.69, 9.17) is 0 Å². The number of benzene rings is 3. The van der Waals surface area contributed by atoms with E-state index in [-0.39, 0.29) is 10.6 Å². The highest BCUT2D eigenvalue weighted by Crippen LogP contribution is 2.32. The van der Waals surface area contributed by atoms with E-state index in [0.717, 1.165) is 12.8 Å². The number of para-hydroxylation sites is 2. The van der Waals surface area contributed by atoms with E-state index >= 15 is 0 Å². The Balaban J connectivity index is 1.68. The zero-order chi connectivity index (χ0) is 27.3. The molecule has 194 valence electrons. The Morgan fingerprint density at radius 3 is 2.42 bits per heavy atom. The van der Waals surface area contributed by atoms with Crippen LogP contribution in [0.5, 0.6) is 0 Å². The lowest BCUT2D eigenvalue weighted by Crippen LogP contribution is -2.25. The highest BCUT2D eigenvalue weighted by atomic mass is 32.2. The predicted octanol–water partition coefficient (Wildman–Crippen LogP) is 5.24. The van der Waals surface area contributed by atoms with Crippen LogP contribution in [0.15, 0.2) is 77.7 Å². The van der Waals surface area contributed by atoms with Gasteiger partial charge in [-0.05, 0) is 55.3 Å². The van der Waals surface area contributed by atoms with Crippen LogP contribution in [0.1, 0.15) is 41.5 Å². The van der Waals surface area contributed by atoms with Crippen LogP contribution in [0.2, 0.25) is 0 Å². The number of rotatable bonds is 10. The topological polar surface area (TPSA) is 137 Å². The van der Waals surface area contributed by atoms with Crippen LogP contribution in [0.3, 0.4) is 0 Å². The zero-order valence-corrected chi connectivity index (χ0v) is 21.8. The first kappa shape index (κ1) is 26.6. The monoisotopic (exact) mass is 529 g/mol. The molecule has 1 aromatic heterocycles. The Labute approximate surface area is 221 Å². The lowest BCUT2D eigenvalue weighted by molar-refractivity contribution is 0.0688. The van der Waals surface area contributed by atoms with Crippen molar-refractivity contribution in [2.75, 3.05) is 11.9 Å². The van der Waals surface area contributed by atoms with Gasteiger partial charge in [0.15, 0.2) is 5.69 Å². The van der Waals surface area contributed by atoms with Crippen LogP contribution < -0.4 is 10.0 Å². The van der Waals surface area contributed by atoms with Crippen molar-refractivity contribution in [2.24, 2.45) is 0 Å². The molecule has 0 saturated heterocycles. The van der Waals surface area contributed by atoms with Crippen molar-refractivity contribution in [1.82, 2.24) is 14.5 Å². The maximum atomic E-state index is 12.8. The first-order valence-corrected chi connectivity index (χ1v) is 13.5. The number of nitrogens with zero attached hydrogens (tertiary/aromatic N) is 3. The second kappa shape index (κ2) is 11.3. The van der Waals surface area contributed by atoms with E-state index in [2.05, 4.69) is 21.2 Å². The summed E-state index contributed by atoms with van der Waals surface area (Å²) >= 11 is 0. The minimum absolute atomic E-state index is 0.0551. The van der Waals surface area contributed by atoms with Gasteiger partial charge in [-0.2, -0.15) is 10.4 Å². The molecular weight excluding hydrogens is 502 g/mol. The molecule has 1 heterocycles. The lowest BCUT2D eigenvalue weighted by atomic mass is 10.0. The Morgan fingerprint density at radius 1 is 1.05 bits per heavy atom. The lowest BCUT2D eigenvalue weighted by Gasteiger charge is -2.14. The Morgan fingerprint density at radius 2 is 1.74 bits per heavy atom. The molecule has 0 aliphatic heterocycles. The fraction of sp³-hybridized carbons (Fsp3) is 0.179. The van der Waals surface area contributed by atoms with E-state index in [9.17, 15) is 23.6 Å². The second-order valence-electron chi connectivity index (χ2n) is 8.60. The van der Waals surface area contributed by atoms with Crippen molar-refractivity contribution < 1.29 is 18.3 Å². The Bertz CT molecular complexity index is 1620. The Hall–Kier alpha value is -4.46. The van der Waals surface area contributed by atoms with Crippen molar-refractivity contribution in [2.45, 2.75) is 31.6 Å². The number of sulfonamides is 1. The van der Waals surface area contributed by atoms with E-state index in [0.29, 0.717) is 46.0 Å². The van der Waals surface area contributed by atoms with Crippen LogP contribution in [0.25, 0.3) is 16.8 Å². The third-order valence-corrected chi connectivity index (χ3v) is 7.49. The van der Waals surface area contributed by atoms with Gasteiger partial charge in [0, 0.05) is 17.8 Å². The molecule has 9 nitrogen and oxygen atoms in total. The number of hydrogen-bond acceptors (Lipinski definition) is 6. The molecule has 3 aromatic carbocycles. The molecule has 0 saturated carbocycles. The van der Waals surface area contributed by atoms with Gasteiger partial charge in [0.1, 0.15) is 11.0 Å². The number of carbonyl (C=O) groups is 1. The highest BCUT2D eigenvalue weighted by molar-refractivity contribution is 7.89. The third-order valence-electron chi connectivity index (χ3n) is 5.97.